The van der Waals surface area contributed by atoms with Gasteiger partial charge in [0.25, 0.3) is 0 Å². The molecule has 0 atom stereocenters. The van der Waals surface area contributed by atoms with Gasteiger partial charge in [0.2, 0.25) is 0 Å². The lowest BCUT2D eigenvalue weighted by molar-refractivity contribution is -0.143. The van der Waals surface area contributed by atoms with Crippen LogP contribution in [0.2, 0.25) is 0 Å². The maximum Gasteiger partial charge on any atom is 0.321 e. The van der Waals surface area contributed by atoms with Gasteiger partial charge in [-0.2, -0.15) is 0 Å². The van der Waals surface area contributed by atoms with Crippen LogP contribution in [0, 0.1) is 5.92 Å². The van der Waals surface area contributed by atoms with Gasteiger partial charge in [-0.25, -0.2) is 4.79 Å². The molecule has 0 saturated carbocycles. The highest BCUT2D eigenvalue weighted by Gasteiger charge is 2.27. The normalized spacial score (nSPS) is 18.1. The number of likely N-dealkylation sites (N-methyl/N-ethyl adjacent to an activating group) is 1. The van der Waals surface area contributed by atoms with E-state index in [0.717, 1.165) is 18.0 Å². The van der Waals surface area contributed by atoms with Gasteiger partial charge in [0.05, 0.1) is 18.2 Å². The van der Waals surface area contributed by atoms with Crippen molar-refractivity contribution in [3.05, 3.63) is 18.2 Å². The zero-order valence-corrected chi connectivity index (χ0v) is 13.1. The number of piperidine rings is 1. The highest BCUT2D eigenvalue weighted by atomic mass is 16.5. The first-order valence-corrected chi connectivity index (χ1v) is 7.81. The highest BCUT2D eigenvalue weighted by molar-refractivity contribution is 5.90. The number of carbonyl (C=O) groups excluding carboxylic acids is 1. The van der Waals surface area contributed by atoms with Crippen molar-refractivity contribution in [1.29, 1.82) is 0 Å². The van der Waals surface area contributed by atoms with E-state index in [0.29, 0.717) is 38.2 Å². The molecule has 2 amide bonds. The Balaban J connectivity index is 1.62. The molecule has 1 saturated heterocycles. The second kappa shape index (κ2) is 6.36. The van der Waals surface area contributed by atoms with Crippen LogP contribution in [0.3, 0.4) is 0 Å². The number of nitrogens with zero attached hydrogens (tertiary/aromatic N) is 2. The molecule has 1 fully saturated rings. The zero-order chi connectivity index (χ0) is 16.4. The summed E-state index contributed by atoms with van der Waals surface area (Å²) in [5.41, 5.74) is 1.67. The molecule has 0 bridgehead atoms. The second-order valence-corrected chi connectivity index (χ2v) is 5.98. The number of aliphatic carboxylic acids is 1. The van der Waals surface area contributed by atoms with Gasteiger partial charge in [-0.15, -0.1) is 0 Å². The van der Waals surface area contributed by atoms with Gasteiger partial charge >= 0.3 is 12.0 Å². The zero-order valence-electron chi connectivity index (χ0n) is 13.1. The first-order valence-electron chi connectivity index (χ1n) is 7.81. The van der Waals surface area contributed by atoms with Crippen LogP contribution in [0.15, 0.2) is 18.2 Å². The number of carboxylic acids is 1. The van der Waals surface area contributed by atoms with Crippen LogP contribution in [0.5, 0.6) is 5.75 Å². The molecule has 2 heterocycles. The van der Waals surface area contributed by atoms with Gasteiger partial charge in [-0.05, 0) is 31.0 Å². The number of hydrogen-bond donors (Lipinski definition) is 2. The van der Waals surface area contributed by atoms with Crippen LogP contribution in [0.4, 0.5) is 16.2 Å². The SMILES string of the molecule is CN1CCOc2ccc(NC(=O)N3CCC(C(=O)O)CC3)cc21. The molecule has 0 radical (unpaired) electrons. The van der Waals surface area contributed by atoms with Crippen LogP contribution < -0.4 is 15.0 Å². The number of amides is 2. The number of fused-ring (bicyclic) bond motifs is 1. The molecular weight excluding hydrogens is 298 g/mol. The van der Waals surface area contributed by atoms with Gasteiger partial charge in [0.1, 0.15) is 12.4 Å². The summed E-state index contributed by atoms with van der Waals surface area (Å²) in [6.45, 7) is 2.41. The van der Waals surface area contributed by atoms with Gasteiger partial charge in [-0.1, -0.05) is 0 Å². The molecule has 7 nitrogen and oxygen atoms in total. The molecule has 124 valence electrons. The number of likely N-dealkylation sites (tertiary alicyclic amines) is 1. The van der Waals surface area contributed by atoms with E-state index in [9.17, 15) is 9.59 Å². The van der Waals surface area contributed by atoms with Crippen LogP contribution in [0.1, 0.15) is 12.8 Å². The largest absolute Gasteiger partial charge is 0.490 e. The molecule has 0 unspecified atom stereocenters. The van der Waals surface area contributed by atoms with Crippen molar-refractivity contribution in [2.24, 2.45) is 5.92 Å². The third kappa shape index (κ3) is 3.33. The van der Waals surface area contributed by atoms with Gasteiger partial charge < -0.3 is 25.0 Å². The van der Waals surface area contributed by atoms with Crippen LogP contribution in [0.25, 0.3) is 0 Å². The standard InChI is InChI=1S/C16H21N3O4/c1-18-8-9-23-14-3-2-12(10-13(14)18)17-16(22)19-6-4-11(5-7-19)15(20)21/h2-3,10-11H,4-9H2,1H3,(H,17,22)(H,20,21). The highest BCUT2D eigenvalue weighted by Crippen LogP contribution is 2.33. The quantitative estimate of drug-likeness (QED) is 0.869. The number of carbonyl (C=O) groups is 2. The summed E-state index contributed by atoms with van der Waals surface area (Å²) in [6, 6.07) is 5.39. The Hall–Kier alpha value is -2.44. The van der Waals surface area contributed by atoms with Crippen molar-refractivity contribution in [2.75, 3.05) is 43.5 Å². The van der Waals surface area contributed by atoms with Crippen LogP contribution in [-0.4, -0.2) is 55.3 Å². The smallest absolute Gasteiger partial charge is 0.321 e. The van der Waals surface area contributed by atoms with E-state index in [2.05, 4.69) is 10.2 Å². The van der Waals surface area contributed by atoms with Crippen molar-refractivity contribution in [3.63, 3.8) is 0 Å². The third-order valence-electron chi connectivity index (χ3n) is 4.44. The first kappa shape index (κ1) is 15.5. The number of urea groups is 1. The number of hydrogen-bond acceptors (Lipinski definition) is 4. The summed E-state index contributed by atoms with van der Waals surface area (Å²) < 4.78 is 5.58. The van der Waals surface area contributed by atoms with E-state index in [4.69, 9.17) is 9.84 Å². The Morgan fingerprint density at radius 2 is 2.00 bits per heavy atom. The Morgan fingerprint density at radius 1 is 1.26 bits per heavy atom. The van der Waals surface area contributed by atoms with E-state index in [1.807, 2.05) is 25.2 Å². The van der Waals surface area contributed by atoms with Gasteiger partial charge in [0.15, 0.2) is 0 Å². The van der Waals surface area contributed by atoms with Gasteiger partial charge in [0, 0.05) is 25.8 Å². The molecule has 1 aromatic carbocycles. The predicted octanol–water partition coefficient (Wildman–Crippen LogP) is 1.84. The Kier molecular flexibility index (Phi) is 4.27. The summed E-state index contributed by atoms with van der Waals surface area (Å²) in [4.78, 5) is 27.0. The van der Waals surface area contributed by atoms with Crippen LogP contribution in [-0.2, 0) is 4.79 Å². The number of carboxylic acid groups (broad SMARTS) is 1. The van der Waals surface area contributed by atoms with E-state index < -0.39 is 5.97 Å². The van der Waals surface area contributed by atoms with Crippen molar-refractivity contribution in [2.45, 2.75) is 12.8 Å². The summed E-state index contributed by atoms with van der Waals surface area (Å²) >= 11 is 0. The number of anilines is 2. The molecule has 0 spiro atoms. The first-order chi connectivity index (χ1) is 11.0. The molecule has 7 heteroatoms. The summed E-state index contributed by atoms with van der Waals surface area (Å²) in [6.07, 6.45) is 1.01. The molecule has 1 aromatic rings. The molecule has 2 N–H and O–H groups in total. The fourth-order valence-electron chi connectivity index (χ4n) is 2.96. The minimum Gasteiger partial charge on any atom is -0.490 e. The Morgan fingerprint density at radius 3 is 2.70 bits per heavy atom. The van der Waals surface area contributed by atoms with Crippen molar-refractivity contribution < 1.29 is 19.4 Å². The molecular formula is C16H21N3O4. The minimum absolute atomic E-state index is 0.187. The molecule has 0 aromatic heterocycles. The van der Waals surface area contributed by atoms with E-state index in [1.165, 1.54) is 0 Å². The lowest BCUT2D eigenvalue weighted by atomic mass is 9.97. The topological polar surface area (TPSA) is 82.1 Å². The average Bonchev–Trinajstić information content (AvgIpc) is 2.55. The van der Waals surface area contributed by atoms with Crippen LogP contribution >= 0.6 is 0 Å². The van der Waals surface area contributed by atoms with Crippen molar-refractivity contribution >= 4 is 23.4 Å². The molecule has 0 aliphatic carbocycles. The Bertz CT molecular complexity index is 611. The van der Waals surface area contributed by atoms with E-state index in [-0.39, 0.29) is 11.9 Å². The maximum absolute atomic E-state index is 12.3. The predicted molar refractivity (Wildman–Crippen MR) is 86.2 cm³/mol. The molecule has 3 rings (SSSR count). The van der Waals surface area contributed by atoms with Gasteiger partial charge in [-0.3, -0.25) is 4.79 Å². The average molecular weight is 319 g/mol. The summed E-state index contributed by atoms with van der Waals surface area (Å²) in [5, 5.41) is 11.9. The fourth-order valence-corrected chi connectivity index (χ4v) is 2.96. The lowest BCUT2D eigenvalue weighted by Gasteiger charge is -2.31. The van der Waals surface area contributed by atoms with E-state index in [1.54, 1.807) is 4.90 Å². The third-order valence-corrected chi connectivity index (χ3v) is 4.44. The minimum atomic E-state index is -0.775. The second-order valence-electron chi connectivity index (χ2n) is 5.98. The lowest BCUT2D eigenvalue weighted by Crippen LogP contribution is -2.42. The number of rotatable bonds is 2. The van der Waals surface area contributed by atoms with Crippen molar-refractivity contribution in [3.8, 4) is 5.75 Å². The Labute approximate surface area is 134 Å². The fraction of sp³-hybridized carbons (Fsp3) is 0.500. The summed E-state index contributed by atoms with van der Waals surface area (Å²) in [7, 11) is 1.99. The van der Waals surface area contributed by atoms with E-state index >= 15 is 0 Å². The monoisotopic (exact) mass is 319 g/mol. The molecule has 2 aliphatic rings. The summed E-state index contributed by atoms with van der Waals surface area (Å²) in [5.74, 6) is -0.296. The van der Waals surface area contributed by atoms with Crippen molar-refractivity contribution in [1.82, 2.24) is 4.90 Å². The number of ether oxygens (including phenoxy) is 1. The molecule has 23 heavy (non-hydrogen) atoms. The number of nitrogens with one attached hydrogen (secondary N) is 1. The number of benzene rings is 1. The maximum atomic E-state index is 12.3. The molecule has 2 aliphatic heterocycles.